The van der Waals surface area contributed by atoms with Crippen molar-refractivity contribution in [3.05, 3.63) is 29.3 Å². The SMILES string of the molecule is CCCC(C)NC(=O)CNc1cccc2c1CCCC2. The molecule has 1 amide bonds. The molecule has 0 saturated carbocycles. The summed E-state index contributed by atoms with van der Waals surface area (Å²) in [6.07, 6.45) is 6.97. The average Bonchev–Trinajstić information content (AvgIpc) is 2.45. The Bertz CT molecular complexity index is 456. The first-order chi connectivity index (χ1) is 9.70. The van der Waals surface area contributed by atoms with Gasteiger partial charge in [0.15, 0.2) is 0 Å². The van der Waals surface area contributed by atoms with Crippen LogP contribution in [0.15, 0.2) is 18.2 Å². The van der Waals surface area contributed by atoms with Crippen LogP contribution < -0.4 is 10.6 Å². The van der Waals surface area contributed by atoms with Crippen molar-refractivity contribution in [3.8, 4) is 0 Å². The van der Waals surface area contributed by atoms with Crippen molar-refractivity contribution >= 4 is 11.6 Å². The first-order valence-electron chi connectivity index (χ1n) is 7.84. The summed E-state index contributed by atoms with van der Waals surface area (Å²) in [5, 5.41) is 6.34. The molecule has 1 aromatic rings. The standard InChI is InChI=1S/C17H26N2O/c1-3-7-13(2)19-17(20)12-18-16-11-6-9-14-8-4-5-10-15(14)16/h6,9,11,13,18H,3-5,7-8,10,12H2,1-2H3,(H,19,20). The van der Waals surface area contributed by atoms with Crippen LogP contribution in [0, 0.1) is 0 Å². The molecule has 2 rings (SSSR count). The highest BCUT2D eigenvalue weighted by Crippen LogP contribution is 2.27. The minimum atomic E-state index is 0.0827. The number of hydrogen-bond donors (Lipinski definition) is 2. The van der Waals surface area contributed by atoms with Crippen LogP contribution in [0.25, 0.3) is 0 Å². The van der Waals surface area contributed by atoms with Gasteiger partial charge in [-0.25, -0.2) is 0 Å². The monoisotopic (exact) mass is 274 g/mol. The van der Waals surface area contributed by atoms with Gasteiger partial charge in [0.1, 0.15) is 0 Å². The van der Waals surface area contributed by atoms with Gasteiger partial charge in [-0.15, -0.1) is 0 Å². The predicted molar refractivity (Wildman–Crippen MR) is 84.1 cm³/mol. The third kappa shape index (κ3) is 3.99. The maximum absolute atomic E-state index is 11.9. The summed E-state index contributed by atoms with van der Waals surface area (Å²) in [5.74, 6) is 0.0827. The van der Waals surface area contributed by atoms with Crippen LogP contribution in [-0.2, 0) is 17.6 Å². The van der Waals surface area contributed by atoms with Gasteiger partial charge in [0.05, 0.1) is 6.54 Å². The number of anilines is 1. The van der Waals surface area contributed by atoms with Crippen LogP contribution in [0.3, 0.4) is 0 Å². The van der Waals surface area contributed by atoms with E-state index in [0.717, 1.165) is 24.9 Å². The van der Waals surface area contributed by atoms with Crippen molar-refractivity contribution in [1.29, 1.82) is 0 Å². The first kappa shape index (κ1) is 14.9. The maximum Gasteiger partial charge on any atom is 0.239 e. The van der Waals surface area contributed by atoms with Gasteiger partial charge in [-0.2, -0.15) is 0 Å². The van der Waals surface area contributed by atoms with Gasteiger partial charge in [-0.3, -0.25) is 4.79 Å². The summed E-state index contributed by atoms with van der Waals surface area (Å²) in [6, 6.07) is 6.65. The van der Waals surface area contributed by atoms with Crippen LogP contribution >= 0.6 is 0 Å². The minimum absolute atomic E-state index is 0.0827. The van der Waals surface area contributed by atoms with Crippen molar-refractivity contribution in [2.45, 2.75) is 58.4 Å². The quantitative estimate of drug-likeness (QED) is 0.836. The van der Waals surface area contributed by atoms with Crippen molar-refractivity contribution in [2.24, 2.45) is 0 Å². The molecule has 1 aliphatic carbocycles. The van der Waals surface area contributed by atoms with E-state index < -0.39 is 0 Å². The second kappa shape index (κ2) is 7.32. The molecule has 3 nitrogen and oxygen atoms in total. The lowest BCUT2D eigenvalue weighted by Gasteiger charge is -2.20. The maximum atomic E-state index is 11.9. The van der Waals surface area contributed by atoms with Crippen LogP contribution in [0.2, 0.25) is 0 Å². The number of fused-ring (bicyclic) bond motifs is 1. The first-order valence-corrected chi connectivity index (χ1v) is 7.84. The topological polar surface area (TPSA) is 41.1 Å². The number of amides is 1. The summed E-state index contributed by atoms with van der Waals surface area (Å²) in [4.78, 5) is 11.9. The second-order valence-corrected chi connectivity index (χ2v) is 5.76. The van der Waals surface area contributed by atoms with Crippen LogP contribution in [-0.4, -0.2) is 18.5 Å². The highest BCUT2D eigenvalue weighted by molar-refractivity contribution is 5.81. The Kier molecular flexibility index (Phi) is 5.45. The fourth-order valence-electron chi connectivity index (χ4n) is 2.95. The zero-order valence-corrected chi connectivity index (χ0v) is 12.7. The predicted octanol–water partition coefficient (Wildman–Crippen LogP) is 3.28. The highest BCUT2D eigenvalue weighted by Gasteiger charge is 2.13. The van der Waals surface area contributed by atoms with Crippen molar-refractivity contribution < 1.29 is 4.79 Å². The number of carbonyl (C=O) groups is 1. The Hall–Kier alpha value is -1.51. The molecule has 1 unspecified atom stereocenters. The van der Waals surface area contributed by atoms with Crippen LogP contribution in [0.5, 0.6) is 0 Å². The summed E-state index contributed by atoms with van der Waals surface area (Å²) >= 11 is 0. The van der Waals surface area contributed by atoms with E-state index in [-0.39, 0.29) is 11.9 Å². The van der Waals surface area contributed by atoms with E-state index in [1.54, 1.807) is 0 Å². The molecule has 0 spiro atoms. The zero-order chi connectivity index (χ0) is 14.4. The van der Waals surface area contributed by atoms with Crippen molar-refractivity contribution in [3.63, 3.8) is 0 Å². The fourth-order valence-corrected chi connectivity index (χ4v) is 2.95. The van der Waals surface area contributed by atoms with Gasteiger partial charge in [0, 0.05) is 11.7 Å². The van der Waals surface area contributed by atoms with Gasteiger partial charge < -0.3 is 10.6 Å². The number of hydrogen-bond acceptors (Lipinski definition) is 2. The van der Waals surface area contributed by atoms with Gasteiger partial charge in [0.25, 0.3) is 0 Å². The molecule has 0 aromatic heterocycles. The zero-order valence-electron chi connectivity index (χ0n) is 12.7. The second-order valence-electron chi connectivity index (χ2n) is 5.76. The Labute approximate surface area is 122 Å². The number of rotatable bonds is 6. The largest absolute Gasteiger partial charge is 0.376 e. The highest BCUT2D eigenvalue weighted by atomic mass is 16.1. The molecule has 0 radical (unpaired) electrons. The molecule has 0 saturated heterocycles. The lowest BCUT2D eigenvalue weighted by molar-refractivity contribution is -0.120. The molecular weight excluding hydrogens is 248 g/mol. The number of carbonyl (C=O) groups excluding carboxylic acids is 1. The smallest absolute Gasteiger partial charge is 0.239 e. The van der Waals surface area contributed by atoms with E-state index in [0.29, 0.717) is 6.54 Å². The molecule has 0 aliphatic heterocycles. The van der Waals surface area contributed by atoms with E-state index in [1.165, 1.54) is 30.4 Å². The molecule has 0 fully saturated rings. The third-order valence-corrected chi connectivity index (χ3v) is 3.96. The summed E-state index contributed by atoms with van der Waals surface area (Å²) in [5.41, 5.74) is 4.00. The van der Waals surface area contributed by atoms with E-state index in [9.17, 15) is 4.79 Å². The normalized spacial score (nSPS) is 15.3. The average molecular weight is 274 g/mol. The van der Waals surface area contributed by atoms with E-state index in [1.807, 2.05) is 0 Å². The molecule has 110 valence electrons. The van der Waals surface area contributed by atoms with Crippen molar-refractivity contribution in [1.82, 2.24) is 5.32 Å². The molecule has 1 aliphatic rings. The summed E-state index contributed by atoms with van der Waals surface area (Å²) < 4.78 is 0. The van der Waals surface area contributed by atoms with Crippen molar-refractivity contribution in [2.75, 3.05) is 11.9 Å². The van der Waals surface area contributed by atoms with Gasteiger partial charge in [0.2, 0.25) is 5.91 Å². The minimum Gasteiger partial charge on any atom is -0.376 e. The third-order valence-electron chi connectivity index (χ3n) is 3.96. The summed E-state index contributed by atoms with van der Waals surface area (Å²) in [7, 11) is 0. The lowest BCUT2D eigenvalue weighted by atomic mass is 9.90. The molecule has 0 heterocycles. The molecule has 2 N–H and O–H groups in total. The van der Waals surface area contributed by atoms with Gasteiger partial charge >= 0.3 is 0 Å². The van der Waals surface area contributed by atoms with Crippen LogP contribution in [0.4, 0.5) is 5.69 Å². The number of aryl methyl sites for hydroxylation is 1. The molecule has 3 heteroatoms. The van der Waals surface area contributed by atoms with Gasteiger partial charge in [-0.1, -0.05) is 25.5 Å². The Morgan fingerprint density at radius 1 is 1.30 bits per heavy atom. The van der Waals surface area contributed by atoms with E-state index >= 15 is 0 Å². The number of nitrogens with one attached hydrogen (secondary N) is 2. The molecule has 20 heavy (non-hydrogen) atoms. The Morgan fingerprint density at radius 3 is 2.90 bits per heavy atom. The molecular formula is C17H26N2O. The molecule has 0 bridgehead atoms. The molecule has 1 aromatic carbocycles. The van der Waals surface area contributed by atoms with E-state index in [2.05, 4.69) is 42.7 Å². The molecule has 1 atom stereocenters. The Morgan fingerprint density at radius 2 is 2.10 bits per heavy atom. The fraction of sp³-hybridized carbons (Fsp3) is 0.588. The van der Waals surface area contributed by atoms with E-state index in [4.69, 9.17) is 0 Å². The lowest BCUT2D eigenvalue weighted by Crippen LogP contribution is -2.36. The number of benzene rings is 1. The van der Waals surface area contributed by atoms with Gasteiger partial charge in [-0.05, 0) is 56.2 Å². The summed E-state index contributed by atoms with van der Waals surface area (Å²) in [6.45, 7) is 4.56. The van der Waals surface area contributed by atoms with Crippen LogP contribution in [0.1, 0.15) is 50.7 Å². The Balaban J connectivity index is 1.89.